The average Bonchev–Trinajstić information content (AvgIpc) is 2.18. The first-order valence-electron chi connectivity index (χ1n) is 5.51. The summed E-state index contributed by atoms with van der Waals surface area (Å²) in [6.45, 7) is 0.570. The van der Waals surface area contributed by atoms with Crippen LogP contribution in [0.3, 0.4) is 0 Å². The summed E-state index contributed by atoms with van der Waals surface area (Å²) in [5, 5.41) is 9.29. The van der Waals surface area contributed by atoms with Gasteiger partial charge >= 0.3 is 5.97 Å². The van der Waals surface area contributed by atoms with E-state index >= 15 is 0 Å². The maximum atomic E-state index is 11.3. The Balaban J connectivity index is 2.23. The first kappa shape index (κ1) is 11.1. The molecule has 3 nitrogen and oxygen atoms in total. The molecule has 2 rings (SSSR count). The molecule has 0 amide bonds. The molecule has 0 radical (unpaired) electrons. The number of hydrogen-bond acceptors (Lipinski definition) is 2. The van der Waals surface area contributed by atoms with Crippen molar-refractivity contribution >= 4 is 5.97 Å². The van der Waals surface area contributed by atoms with Gasteiger partial charge in [-0.1, -0.05) is 30.7 Å². The number of hydrogen-bond donors (Lipinski definition) is 1. The van der Waals surface area contributed by atoms with Crippen LogP contribution in [0.1, 0.15) is 30.4 Å². The molecule has 86 valence electrons. The Kier molecular flexibility index (Phi) is 2.97. The van der Waals surface area contributed by atoms with Gasteiger partial charge in [0.15, 0.2) is 0 Å². The van der Waals surface area contributed by atoms with E-state index in [1.165, 1.54) is 0 Å². The van der Waals surface area contributed by atoms with E-state index < -0.39 is 11.4 Å². The number of carboxylic acids is 1. The lowest BCUT2D eigenvalue weighted by atomic mass is 9.64. The third kappa shape index (κ3) is 1.71. The molecule has 0 spiro atoms. The summed E-state index contributed by atoms with van der Waals surface area (Å²) < 4.78 is 5.02. The lowest BCUT2D eigenvalue weighted by Crippen LogP contribution is -2.42. The smallest absolute Gasteiger partial charge is 0.314 e. The van der Waals surface area contributed by atoms with Crippen LogP contribution in [0.25, 0.3) is 0 Å². The Bertz CT molecular complexity index is 377. The fourth-order valence-corrected chi connectivity index (χ4v) is 2.24. The molecule has 1 aromatic carbocycles. The minimum atomic E-state index is -0.696. The Morgan fingerprint density at radius 1 is 1.38 bits per heavy atom. The standard InChI is InChI=1S/C13H16O3/c1-16-9-10-3-5-11(6-4-10)13(12(14)15)7-2-8-13/h3-6H,2,7-9H2,1H3,(H,14,15). The van der Waals surface area contributed by atoms with Gasteiger partial charge in [0.1, 0.15) is 0 Å². The second-order valence-corrected chi connectivity index (χ2v) is 4.37. The van der Waals surface area contributed by atoms with Gasteiger partial charge in [-0.15, -0.1) is 0 Å². The van der Waals surface area contributed by atoms with E-state index in [4.69, 9.17) is 4.74 Å². The molecule has 0 aromatic heterocycles. The van der Waals surface area contributed by atoms with Crippen LogP contribution in [0.2, 0.25) is 0 Å². The zero-order valence-corrected chi connectivity index (χ0v) is 9.40. The number of rotatable bonds is 4. The number of carboxylic acid groups (broad SMARTS) is 1. The molecule has 16 heavy (non-hydrogen) atoms. The van der Waals surface area contributed by atoms with Crippen LogP contribution in [0.15, 0.2) is 24.3 Å². The summed E-state index contributed by atoms with van der Waals surface area (Å²) in [5.74, 6) is -0.696. The highest BCUT2D eigenvalue weighted by Crippen LogP contribution is 2.43. The lowest BCUT2D eigenvalue weighted by Gasteiger charge is -2.38. The molecule has 3 heteroatoms. The summed E-state index contributed by atoms with van der Waals surface area (Å²) in [6, 6.07) is 7.73. The maximum absolute atomic E-state index is 11.3. The molecule has 0 heterocycles. The number of aliphatic carboxylic acids is 1. The number of carbonyl (C=O) groups is 1. The van der Waals surface area contributed by atoms with Crippen LogP contribution in [-0.4, -0.2) is 18.2 Å². The van der Waals surface area contributed by atoms with Crippen LogP contribution in [0.4, 0.5) is 0 Å². The molecule has 1 aliphatic carbocycles. The predicted molar refractivity (Wildman–Crippen MR) is 60.3 cm³/mol. The van der Waals surface area contributed by atoms with Gasteiger partial charge in [-0.25, -0.2) is 0 Å². The quantitative estimate of drug-likeness (QED) is 0.847. The van der Waals surface area contributed by atoms with Gasteiger partial charge in [-0.2, -0.15) is 0 Å². The fraction of sp³-hybridized carbons (Fsp3) is 0.462. The van der Waals surface area contributed by atoms with Gasteiger partial charge in [0.25, 0.3) is 0 Å². The SMILES string of the molecule is COCc1ccc(C2(C(=O)O)CCC2)cc1. The molecule has 0 unspecified atom stereocenters. The highest BCUT2D eigenvalue weighted by Gasteiger charge is 2.45. The first-order chi connectivity index (χ1) is 7.69. The summed E-state index contributed by atoms with van der Waals surface area (Å²) >= 11 is 0. The van der Waals surface area contributed by atoms with Crippen LogP contribution in [0.5, 0.6) is 0 Å². The Hall–Kier alpha value is -1.35. The topological polar surface area (TPSA) is 46.5 Å². The molecule has 1 aromatic rings. The van der Waals surface area contributed by atoms with Crippen LogP contribution in [0, 0.1) is 0 Å². The summed E-state index contributed by atoms with van der Waals surface area (Å²) in [4.78, 5) is 11.3. The van der Waals surface area contributed by atoms with Crippen molar-refractivity contribution in [3.8, 4) is 0 Å². The van der Waals surface area contributed by atoms with Crippen molar-refractivity contribution in [1.29, 1.82) is 0 Å². The number of ether oxygens (including phenoxy) is 1. The van der Waals surface area contributed by atoms with Crippen molar-refractivity contribution in [1.82, 2.24) is 0 Å². The van der Waals surface area contributed by atoms with Crippen molar-refractivity contribution in [3.63, 3.8) is 0 Å². The van der Waals surface area contributed by atoms with Crippen molar-refractivity contribution < 1.29 is 14.6 Å². The van der Waals surface area contributed by atoms with E-state index in [0.717, 1.165) is 30.4 Å². The monoisotopic (exact) mass is 220 g/mol. The molecule has 0 atom stereocenters. The van der Waals surface area contributed by atoms with Crippen molar-refractivity contribution in [3.05, 3.63) is 35.4 Å². The van der Waals surface area contributed by atoms with Gasteiger partial charge in [0, 0.05) is 7.11 Å². The van der Waals surface area contributed by atoms with Crippen molar-refractivity contribution in [2.75, 3.05) is 7.11 Å². The zero-order chi connectivity index (χ0) is 11.6. The van der Waals surface area contributed by atoms with Gasteiger partial charge < -0.3 is 9.84 Å². The maximum Gasteiger partial charge on any atom is 0.314 e. The molecule has 0 saturated heterocycles. The average molecular weight is 220 g/mol. The zero-order valence-electron chi connectivity index (χ0n) is 9.40. The molecule has 1 fully saturated rings. The lowest BCUT2D eigenvalue weighted by molar-refractivity contribution is -0.147. The molecular weight excluding hydrogens is 204 g/mol. The highest BCUT2D eigenvalue weighted by molar-refractivity contribution is 5.82. The second kappa shape index (κ2) is 4.26. The van der Waals surface area contributed by atoms with E-state index in [2.05, 4.69) is 0 Å². The first-order valence-corrected chi connectivity index (χ1v) is 5.51. The minimum Gasteiger partial charge on any atom is -0.481 e. The van der Waals surface area contributed by atoms with Crippen LogP contribution >= 0.6 is 0 Å². The van der Waals surface area contributed by atoms with E-state index in [9.17, 15) is 9.90 Å². The van der Waals surface area contributed by atoms with Crippen molar-refractivity contribution in [2.45, 2.75) is 31.3 Å². The number of benzene rings is 1. The largest absolute Gasteiger partial charge is 0.481 e. The van der Waals surface area contributed by atoms with Crippen LogP contribution < -0.4 is 0 Å². The van der Waals surface area contributed by atoms with Gasteiger partial charge in [0.2, 0.25) is 0 Å². The summed E-state index contributed by atoms with van der Waals surface area (Å²) in [7, 11) is 1.65. The molecule has 1 saturated carbocycles. The summed E-state index contributed by atoms with van der Waals surface area (Å²) in [5.41, 5.74) is 1.38. The number of methoxy groups -OCH3 is 1. The van der Waals surface area contributed by atoms with Gasteiger partial charge in [0.05, 0.1) is 12.0 Å². The Morgan fingerprint density at radius 2 is 2.00 bits per heavy atom. The van der Waals surface area contributed by atoms with E-state index in [1.807, 2.05) is 24.3 Å². The summed E-state index contributed by atoms with van der Waals surface area (Å²) in [6.07, 6.45) is 2.52. The minimum absolute atomic E-state index is 0.570. The molecule has 1 aliphatic rings. The van der Waals surface area contributed by atoms with Gasteiger partial charge in [-0.05, 0) is 24.0 Å². The molecule has 0 bridgehead atoms. The van der Waals surface area contributed by atoms with E-state index in [0.29, 0.717) is 6.61 Å². The molecular formula is C13H16O3. The third-order valence-electron chi connectivity index (χ3n) is 3.43. The Labute approximate surface area is 95.0 Å². The molecule has 1 N–H and O–H groups in total. The van der Waals surface area contributed by atoms with E-state index in [-0.39, 0.29) is 0 Å². The third-order valence-corrected chi connectivity index (χ3v) is 3.43. The fourth-order valence-electron chi connectivity index (χ4n) is 2.24. The van der Waals surface area contributed by atoms with Crippen molar-refractivity contribution in [2.24, 2.45) is 0 Å². The molecule has 0 aliphatic heterocycles. The van der Waals surface area contributed by atoms with Crippen LogP contribution in [-0.2, 0) is 21.6 Å². The second-order valence-electron chi connectivity index (χ2n) is 4.37. The predicted octanol–water partition coefficient (Wildman–Crippen LogP) is 2.34. The highest BCUT2D eigenvalue weighted by atomic mass is 16.5. The normalized spacial score (nSPS) is 17.8. The van der Waals surface area contributed by atoms with E-state index in [1.54, 1.807) is 7.11 Å². The van der Waals surface area contributed by atoms with Gasteiger partial charge in [-0.3, -0.25) is 4.79 Å². The Morgan fingerprint density at radius 3 is 2.38 bits per heavy atom.